The summed E-state index contributed by atoms with van der Waals surface area (Å²) in [7, 11) is 1.29. The average molecular weight is 236 g/mol. The molecule has 0 bridgehead atoms. The summed E-state index contributed by atoms with van der Waals surface area (Å²) in [5.41, 5.74) is 0. The first kappa shape index (κ1) is 14.2. The number of carbonyl (C=O) groups is 2. The normalized spacial score (nSPS) is 12.3. The van der Waals surface area contributed by atoms with Gasteiger partial charge in [0.2, 0.25) is 0 Å². The van der Waals surface area contributed by atoms with Gasteiger partial charge in [-0.2, -0.15) is 0 Å². The average Bonchev–Trinajstić information content (AvgIpc) is 2.21. The number of alkyl carbamates (subject to hydrolysis) is 1. The topological polar surface area (TPSA) is 55.4 Å². The van der Waals surface area contributed by atoms with Gasteiger partial charge in [0.25, 0.3) is 0 Å². The molecule has 0 fully saturated rings. The Morgan fingerprint density at radius 1 is 1.40 bits per heavy atom. The van der Waals surface area contributed by atoms with Crippen LogP contribution in [0.4, 0.5) is 4.79 Å². The standard InChI is InChI=1S/C10H18ClNO3/c1-7(2)4-8(9(13)5-11)6-12-10(14)15-3/h7-8H,4-6H2,1-3H3,(H,12,14). The lowest BCUT2D eigenvalue weighted by Crippen LogP contribution is -2.34. The van der Waals surface area contributed by atoms with Crippen LogP contribution in [0.25, 0.3) is 0 Å². The Hall–Kier alpha value is -0.770. The zero-order valence-corrected chi connectivity index (χ0v) is 10.1. The number of halogens is 1. The van der Waals surface area contributed by atoms with Gasteiger partial charge in [0, 0.05) is 12.5 Å². The van der Waals surface area contributed by atoms with Gasteiger partial charge in [-0.15, -0.1) is 11.6 Å². The third kappa shape index (κ3) is 6.33. The number of carbonyl (C=O) groups excluding carboxylic acids is 2. The van der Waals surface area contributed by atoms with Crippen molar-refractivity contribution >= 4 is 23.5 Å². The Morgan fingerprint density at radius 2 is 2.00 bits per heavy atom. The number of hydrogen-bond donors (Lipinski definition) is 1. The molecular formula is C10H18ClNO3. The Morgan fingerprint density at radius 3 is 2.40 bits per heavy atom. The molecule has 88 valence electrons. The zero-order valence-electron chi connectivity index (χ0n) is 9.38. The summed E-state index contributed by atoms with van der Waals surface area (Å²) in [6, 6.07) is 0. The van der Waals surface area contributed by atoms with E-state index in [0.29, 0.717) is 5.92 Å². The molecule has 0 aromatic carbocycles. The van der Waals surface area contributed by atoms with Gasteiger partial charge in [0.15, 0.2) is 5.78 Å². The zero-order chi connectivity index (χ0) is 11.8. The van der Waals surface area contributed by atoms with E-state index in [0.717, 1.165) is 6.42 Å². The number of hydrogen-bond acceptors (Lipinski definition) is 3. The minimum absolute atomic E-state index is 0.0137. The van der Waals surface area contributed by atoms with E-state index >= 15 is 0 Å². The Balaban J connectivity index is 4.12. The van der Waals surface area contributed by atoms with Crippen LogP contribution in [0.3, 0.4) is 0 Å². The summed E-state index contributed by atoms with van der Waals surface area (Å²) < 4.78 is 4.42. The molecule has 0 radical (unpaired) electrons. The molecule has 1 amide bonds. The van der Waals surface area contributed by atoms with E-state index in [1.54, 1.807) is 0 Å². The second kappa shape index (κ2) is 7.51. The molecular weight excluding hydrogens is 218 g/mol. The lowest BCUT2D eigenvalue weighted by Gasteiger charge is -2.16. The molecule has 0 saturated heterocycles. The maximum atomic E-state index is 11.4. The van der Waals surface area contributed by atoms with Gasteiger partial charge in [-0.1, -0.05) is 13.8 Å². The molecule has 1 N–H and O–H groups in total. The molecule has 0 spiro atoms. The van der Waals surface area contributed by atoms with Gasteiger partial charge in [0.05, 0.1) is 13.0 Å². The highest BCUT2D eigenvalue weighted by Crippen LogP contribution is 2.12. The fourth-order valence-electron chi connectivity index (χ4n) is 1.29. The highest BCUT2D eigenvalue weighted by Gasteiger charge is 2.19. The first-order valence-electron chi connectivity index (χ1n) is 4.91. The van der Waals surface area contributed by atoms with Gasteiger partial charge in [0.1, 0.15) is 0 Å². The molecule has 5 heteroatoms. The van der Waals surface area contributed by atoms with E-state index < -0.39 is 6.09 Å². The molecule has 15 heavy (non-hydrogen) atoms. The van der Waals surface area contributed by atoms with Gasteiger partial charge >= 0.3 is 6.09 Å². The number of rotatable bonds is 6. The number of Topliss-reactive ketones (excluding diaryl/α,β-unsaturated/α-hetero) is 1. The number of methoxy groups -OCH3 is 1. The van der Waals surface area contributed by atoms with Crippen molar-refractivity contribution in [2.75, 3.05) is 19.5 Å². The highest BCUT2D eigenvalue weighted by molar-refractivity contribution is 6.27. The second-order valence-electron chi connectivity index (χ2n) is 3.80. The van der Waals surface area contributed by atoms with Crippen LogP contribution in [0, 0.1) is 11.8 Å². The van der Waals surface area contributed by atoms with E-state index in [2.05, 4.69) is 10.1 Å². The number of amides is 1. The van der Waals surface area contributed by atoms with Gasteiger partial charge < -0.3 is 10.1 Å². The van der Waals surface area contributed by atoms with E-state index in [9.17, 15) is 9.59 Å². The maximum absolute atomic E-state index is 11.4. The Bertz CT molecular complexity index is 219. The maximum Gasteiger partial charge on any atom is 0.406 e. The van der Waals surface area contributed by atoms with Crippen molar-refractivity contribution in [1.82, 2.24) is 5.32 Å². The van der Waals surface area contributed by atoms with Crippen LogP contribution in [-0.2, 0) is 9.53 Å². The minimum Gasteiger partial charge on any atom is -0.453 e. The smallest absolute Gasteiger partial charge is 0.406 e. The van der Waals surface area contributed by atoms with Crippen molar-refractivity contribution in [3.8, 4) is 0 Å². The summed E-state index contributed by atoms with van der Waals surface area (Å²) in [5.74, 6) is 0.116. The molecule has 4 nitrogen and oxygen atoms in total. The Labute approximate surface area is 95.3 Å². The lowest BCUT2D eigenvalue weighted by atomic mass is 9.94. The molecule has 0 aromatic rings. The predicted molar refractivity (Wildman–Crippen MR) is 59.1 cm³/mol. The van der Waals surface area contributed by atoms with Crippen molar-refractivity contribution in [3.05, 3.63) is 0 Å². The third-order valence-electron chi connectivity index (χ3n) is 2.02. The van der Waals surface area contributed by atoms with E-state index in [1.807, 2.05) is 13.8 Å². The first-order chi connectivity index (χ1) is 7.01. The quantitative estimate of drug-likeness (QED) is 0.715. The van der Waals surface area contributed by atoms with Crippen molar-refractivity contribution in [3.63, 3.8) is 0 Å². The van der Waals surface area contributed by atoms with E-state index in [-0.39, 0.29) is 24.1 Å². The highest BCUT2D eigenvalue weighted by atomic mass is 35.5. The van der Waals surface area contributed by atoms with Crippen LogP contribution >= 0.6 is 11.6 Å². The van der Waals surface area contributed by atoms with Gasteiger partial charge in [-0.05, 0) is 12.3 Å². The SMILES string of the molecule is COC(=O)NCC(CC(C)C)C(=O)CCl. The Kier molecular flexibility index (Phi) is 7.13. The fourth-order valence-corrected chi connectivity index (χ4v) is 1.50. The molecule has 0 aliphatic carbocycles. The largest absolute Gasteiger partial charge is 0.453 e. The molecule has 0 aliphatic rings. The van der Waals surface area contributed by atoms with Crippen LogP contribution in [0.1, 0.15) is 20.3 Å². The molecule has 1 atom stereocenters. The number of alkyl halides is 1. The summed E-state index contributed by atoms with van der Waals surface area (Å²) in [5, 5.41) is 2.51. The van der Waals surface area contributed by atoms with E-state index in [1.165, 1.54) is 7.11 Å². The van der Waals surface area contributed by atoms with Crippen molar-refractivity contribution in [1.29, 1.82) is 0 Å². The van der Waals surface area contributed by atoms with Crippen molar-refractivity contribution < 1.29 is 14.3 Å². The number of ether oxygens (including phenoxy) is 1. The third-order valence-corrected chi connectivity index (χ3v) is 2.28. The summed E-state index contributed by atoms with van der Waals surface area (Å²) >= 11 is 5.49. The summed E-state index contributed by atoms with van der Waals surface area (Å²) in [6.07, 6.45) is 0.196. The molecule has 0 aliphatic heterocycles. The minimum atomic E-state index is -0.522. The monoisotopic (exact) mass is 235 g/mol. The van der Waals surface area contributed by atoms with Crippen molar-refractivity contribution in [2.24, 2.45) is 11.8 Å². The molecule has 0 aromatic heterocycles. The van der Waals surface area contributed by atoms with Crippen LogP contribution < -0.4 is 5.32 Å². The van der Waals surface area contributed by atoms with Gasteiger partial charge in [-0.3, -0.25) is 4.79 Å². The molecule has 0 heterocycles. The first-order valence-corrected chi connectivity index (χ1v) is 5.45. The molecule has 0 rings (SSSR count). The summed E-state index contributed by atoms with van der Waals surface area (Å²) in [4.78, 5) is 22.3. The predicted octanol–water partition coefficient (Wildman–Crippen LogP) is 1.81. The number of nitrogens with one attached hydrogen (secondary N) is 1. The lowest BCUT2D eigenvalue weighted by molar-refractivity contribution is -0.120. The second-order valence-corrected chi connectivity index (χ2v) is 4.07. The fraction of sp³-hybridized carbons (Fsp3) is 0.800. The van der Waals surface area contributed by atoms with Crippen LogP contribution in [0.2, 0.25) is 0 Å². The molecule has 0 saturated carbocycles. The van der Waals surface area contributed by atoms with Crippen LogP contribution in [0.15, 0.2) is 0 Å². The van der Waals surface area contributed by atoms with Crippen LogP contribution in [-0.4, -0.2) is 31.4 Å². The van der Waals surface area contributed by atoms with E-state index in [4.69, 9.17) is 11.6 Å². The summed E-state index contributed by atoms with van der Waals surface area (Å²) in [6.45, 7) is 4.33. The van der Waals surface area contributed by atoms with Crippen molar-refractivity contribution in [2.45, 2.75) is 20.3 Å². The van der Waals surface area contributed by atoms with Crippen LogP contribution in [0.5, 0.6) is 0 Å². The molecule has 1 unspecified atom stereocenters. The number of ketones is 1. The van der Waals surface area contributed by atoms with Gasteiger partial charge in [-0.25, -0.2) is 4.79 Å².